The van der Waals surface area contributed by atoms with Crippen LogP contribution in [0.5, 0.6) is 0 Å². The summed E-state index contributed by atoms with van der Waals surface area (Å²) in [5.41, 5.74) is 0. The molecular weight excluding hydrogens is 214 g/mol. The van der Waals surface area contributed by atoms with E-state index in [1.165, 1.54) is 0 Å². The van der Waals surface area contributed by atoms with Crippen LogP contribution in [0.3, 0.4) is 0 Å². The number of ether oxygens (including phenoxy) is 2. The van der Waals surface area contributed by atoms with Crippen molar-refractivity contribution in [3.8, 4) is 0 Å². The SMILES string of the molecule is NS(=O)(=O)OC(=O)OC1CCOCC1. The van der Waals surface area contributed by atoms with Crippen LogP contribution in [0.2, 0.25) is 0 Å². The molecule has 1 aliphatic rings. The topological polar surface area (TPSA) is 105 Å². The Morgan fingerprint density at radius 1 is 1.36 bits per heavy atom. The molecule has 0 radical (unpaired) electrons. The quantitative estimate of drug-likeness (QED) is 0.636. The van der Waals surface area contributed by atoms with Crippen molar-refractivity contribution < 1.29 is 26.9 Å². The highest BCUT2D eigenvalue weighted by molar-refractivity contribution is 7.84. The molecule has 0 bridgehead atoms. The monoisotopic (exact) mass is 225 g/mol. The van der Waals surface area contributed by atoms with Crippen molar-refractivity contribution in [1.82, 2.24) is 0 Å². The molecule has 0 aliphatic carbocycles. The van der Waals surface area contributed by atoms with Crippen LogP contribution in [-0.4, -0.2) is 33.9 Å². The van der Waals surface area contributed by atoms with E-state index in [2.05, 4.69) is 14.1 Å². The zero-order valence-corrected chi connectivity index (χ0v) is 8.16. The molecule has 0 saturated carbocycles. The second-order valence-electron chi connectivity index (χ2n) is 2.76. The molecule has 0 aromatic carbocycles. The Bertz CT molecular complexity index is 293. The van der Waals surface area contributed by atoms with Crippen LogP contribution in [0, 0.1) is 0 Å². The summed E-state index contributed by atoms with van der Waals surface area (Å²) < 4.78 is 34.1. The van der Waals surface area contributed by atoms with Gasteiger partial charge in [0, 0.05) is 12.8 Å². The predicted octanol–water partition coefficient (Wildman–Crippen LogP) is -0.478. The van der Waals surface area contributed by atoms with Crippen molar-refractivity contribution >= 4 is 16.5 Å². The highest BCUT2D eigenvalue weighted by atomic mass is 32.2. The van der Waals surface area contributed by atoms with Crippen LogP contribution in [0.1, 0.15) is 12.8 Å². The molecule has 0 unspecified atom stereocenters. The molecule has 8 heteroatoms. The van der Waals surface area contributed by atoms with Gasteiger partial charge in [-0.25, -0.2) is 4.79 Å². The number of rotatable bonds is 2. The maximum Gasteiger partial charge on any atom is 0.525 e. The van der Waals surface area contributed by atoms with E-state index in [9.17, 15) is 13.2 Å². The standard InChI is InChI=1S/C6H11NO6S/c7-14(9,10)13-6(8)12-5-1-3-11-4-2-5/h5H,1-4H2,(H2,7,9,10). The molecule has 14 heavy (non-hydrogen) atoms. The molecule has 0 aromatic rings. The summed E-state index contributed by atoms with van der Waals surface area (Å²) in [6, 6.07) is 0. The minimum atomic E-state index is -4.28. The van der Waals surface area contributed by atoms with Crippen molar-refractivity contribution in [2.45, 2.75) is 18.9 Å². The lowest BCUT2D eigenvalue weighted by Crippen LogP contribution is -2.29. The molecule has 0 aromatic heterocycles. The molecule has 1 fully saturated rings. The second kappa shape index (κ2) is 4.58. The first-order chi connectivity index (χ1) is 6.47. The van der Waals surface area contributed by atoms with Crippen molar-refractivity contribution in [1.29, 1.82) is 0 Å². The second-order valence-corrected chi connectivity index (χ2v) is 3.91. The highest BCUT2D eigenvalue weighted by Crippen LogP contribution is 2.11. The van der Waals surface area contributed by atoms with Crippen molar-refractivity contribution in [3.05, 3.63) is 0 Å². The van der Waals surface area contributed by atoms with Crippen LogP contribution in [0.4, 0.5) is 4.79 Å². The average Bonchev–Trinajstić information content (AvgIpc) is 2.02. The summed E-state index contributed by atoms with van der Waals surface area (Å²) >= 11 is 0. The fourth-order valence-electron chi connectivity index (χ4n) is 1.04. The maximum atomic E-state index is 10.8. The first kappa shape index (κ1) is 11.2. The number of hydrogen-bond acceptors (Lipinski definition) is 6. The molecule has 0 spiro atoms. The fourth-order valence-corrected chi connectivity index (χ4v) is 1.27. The summed E-state index contributed by atoms with van der Waals surface area (Å²) in [6.07, 6.45) is -0.600. The summed E-state index contributed by atoms with van der Waals surface area (Å²) in [7, 11) is -4.28. The zero-order valence-electron chi connectivity index (χ0n) is 7.34. The number of carbonyl (C=O) groups excluding carboxylic acids is 1. The molecule has 2 N–H and O–H groups in total. The van der Waals surface area contributed by atoms with E-state index in [1.807, 2.05) is 0 Å². The van der Waals surface area contributed by atoms with Gasteiger partial charge in [-0.3, -0.25) is 0 Å². The van der Waals surface area contributed by atoms with Gasteiger partial charge in [0.1, 0.15) is 6.10 Å². The minimum absolute atomic E-state index is 0.363. The maximum absolute atomic E-state index is 10.8. The van der Waals surface area contributed by atoms with Gasteiger partial charge in [-0.05, 0) is 0 Å². The van der Waals surface area contributed by atoms with Gasteiger partial charge in [0.15, 0.2) is 0 Å². The summed E-state index contributed by atoms with van der Waals surface area (Å²) in [5.74, 6) is 0. The summed E-state index contributed by atoms with van der Waals surface area (Å²) in [6.45, 7) is 0.959. The Balaban J connectivity index is 2.32. The number of carbonyl (C=O) groups is 1. The fraction of sp³-hybridized carbons (Fsp3) is 0.833. The van der Waals surface area contributed by atoms with Crippen molar-refractivity contribution in [3.63, 3.8) is 0 Å². The largest absolute Gasteiger partial charge is 0.525 e. The molecule has 1 heterocycles. The molecule has 82 valence electrons. The van der Waals surface area contributed by atoms with E-state index in [4.69, 9.17) is 4.74 Å². The van der Waals surface area contributed by atoms with Crippen LogP contribution in [-0.2, 0) is 24.0 Å². The van der Waals surface area contributed by atoms with Gasteiger partial charge in [0.25, 0.3) is 0 Å². The predicted molar refractivity (Wildman–Crippen MR) is 44.5 cm³/mol. The van der Waals surface area contributed by atoms with E-state index in [0.717, 1.165) is 0 Å². The number of hydrogen-bond donors (Lipinski definition) is 1. The smallest absolute Gasteiger partial charge is 0.430 e. The lowest BCUT2D eigenvalue weighted by Gasteiger charge is -2.21. The van der Waals surface area contributed by atoms with Crippen molar-refractivity contribution in [2.75, 3.05) is 13.2 Å². The minimum Gasteiger partial charge on any atom is -0.430 e. The Morgan fingerprint density at radius 2 is 1.93 bits per heavy atom. The van der Waals surface area contributed by atoms with E-state index < -0.39 is 16.5 Å². The van der Waals surface area contributed by atoms with Gasteiger partial charge < -0.3 is 13.7 Å². The third-order valence-electron chi connectivity index (χ3n) is 1.62. The van der Waals surface area contributed by atoms with Gasteiger partial charge in [-0.1, -0.05) is 0 Å². The molecule has 1 aliphatic heterocycles. The van der Waals surface area contributed by atoms with Gasteiger partial charge in [0.2, 0.25) is 0 Å². The summed E-state index contributed by atoms with van der Waals surface area (Å²) in [5, 5.41) is 4.47. The zero-order chi connectivity index (χ0) is 10.6. The highest BCUT2D eigenvalue weighted by Gasteiger charge is 2.21. The Morgan fingerprint density at radius 3 is 2.43 bits per heavy atom. The molecule has 0 atom stereocenters. The number of nitrogens with two attached hydrogens (primary N) is 1. The molecule has 1 rings (SSSR count). The molecule has 1 saturated heterocycles. The average molecular weight is 225 g/mol. The molecular formula is C6H11NO6S. The first-order valence-corrected chi connectivity index (χ1v) is 5.45. The lowest BCUT2D eigenvalue weighted by atomic mass is 10.2. The van der Waals surface area contributed by atoms with E-state index in [1.54, 1.807) is 0 Å². The van der Waals surface area contributed by atoms with Crippen LogP contribution in [0.25, 0.3) is 0 Å². The Hall–Kier alpha value is -0.860. The van der Waals surface area contributed by atoms with Gasteiger partial charge in [-0.15, -0.1) is 0 Å². The summed E-state index contributed by atoms with van der Waals surface area (Å²) in [4.78, 5) is 10.8. The van der Waals surface area contributed by atoms with Crippen LogP contribution >= 0.6 is 0 Å². The normalized spacial score (nSPS) is 18.9. The first-order valence-electron chi connectivity index (χ1n) is 3.98. The third-order valence-corrected chi connectivity index (χ3v) is 1.98. The van der Waals surface area contributed by atoms with Crippen LogP contribution < -0.4 is 5.14 Å². The third kappa shape index (κ3) is 4.40. The van der Waals surface area contributed by atoms with E-state index in [-0.39, 0.29) is 6.10 Å². The molecule has 0 amide bonds. The molecule has 7 nitrogen and oxygen atoms in total. The van der Waals surface area contributed by atoms with E-state index >= 15 is 0 Å². The van der Waals surface area contributed by atoms with E-state index in [0.29, 0.717) is 26.1 Å². The van der Waals surface area contributed by atoms with Crippen LogP contribution in [0.15, 0.2) is 0 Å². The Labute approximate surface area is 81.4 Å². The lowest BCUT2D eigenvalue weighted by molar-refractivity contribution is -0.0120. The Kier molecular flexibility index (Phi) is 3.67. The van der Waals surface area contributed by atoms with Gasteiger partial charge in [-0.2, -0.15) is 13.6 Å². The van der Waals surface area contributed by atoms with Gasteiger partial charge in [0.05, 0.1) is 13.2 Å². The van der Waals surface area contributed by atoms with Crippen molar-refractivity contribution in [2.24, 2.45) is 5.14 Å². The van der Waals surface area contributed by atoms with Gasteiger partial charge >= 0.3 is 16.5 Å².